The molecule has 1 rings (SSSR count). The number of benzene rings is 1. The van der Waals surface area contributed by atoms with Crippen molar-refractivity contribution in [2.45, 2.75) is 6.92 Å². The molecule has 3 N–H and O–H groups in total. The van der Waals surface area contributed by atoms with E-state index in [9.17, 15) is 9.18 Å². The zero-order chi connectivity index (χ0) is 9.14. The van der Waals surface area contributed by atoms with Gasteiger partial charge in [-0.25, -0.2) is 4.39 Å². The molecule has 3 nitrogen and oxygen atoms in total. The van der Waals surface area contributed by atoms with Gasteiger partial charge in [-0.15, -0.1) is 0 Å². The number of carbonyl (C=O) groups is 1. The second kappa shape index (κ2) is 3.32. The first kappa shape index (κ1) is 8.67. The van der Waals surface area contributed by atoms with Gasteiger partial charge >= 0.3 is 0 Å². The quantitative estimate of drug-likeness (QED) is 0.397. The van der Waals surface area contributed by atoms with Gasteiger partial charge in [0.05, 0.1) is 5.56 Å². The molecular weight excluding hydrogens is 159 g/mol. The number of ketones is 1. The van der Waals surface area contributed by atoms with Crippen molar-refractivity contribution >= 4 is 11.5 Å². The van der Waals surface area contributed by atoms with Gasteiger partial charge in [0, 0.05) is 5.69 Å². The molecule has 0 aliphatic rings. The normalized spacial score (nSPS) is 9.58. The molecule has 0 saturated heterocycles. The molecule has 0 heterocycles. The molecule has 0 aliphatic heterocycles. The molecule has 0 aromatic heterocycles. The van der Waals surface area contributed by atoms with Crippen molar-refractivity contribution in [3.8, 4) is 0 Å². The van der Waals surface area contributed by atoms with Crippen LogP contribution in [0.3, 0.4) is 0 Å². The Balaban J connectivity index is 3.17. The molecule has 0 aliphatic carbocycles. The molecule has 0 radical (unpaired) electrons. The number of hydrogen-bond donors (Lipinski definition) is 2. The Morgan fingerprint density at radius 2 is 2.25 bits per heavy atom. The summed E-state index contributed by atoms with van der Waals surface area (Å²) in [6, 6.07) is 4.03. The number of nitrogens with one attached hydrogen (secondary N) is 1. The number of anilines is 1. The highest BCUT2D eigenvalue weighted by Crippen LogP contribution is 2.13. The second-order valence-corrected chi connectivity index (χ2v) is 2.40. The lowest BCUT2D eigenvalue weighted by Gasteiger charge is -2.02. The van der Waals surface area contributed by atoms with Crippen molar-refractivity contribution in [2.75, 3.05) is 5.43 Å². The molecule has 64 valence electrons. The van der Waals surface area contributed by atoms with Gasteiger partial charge in [0.15, 0.2) is 5.78 Å². The smallest absolute Gasteiger partial charge is 0.162 e. The Morgan fingerprint density at radius 1 is 1.58 bits per heavy atom. The van der Waals surface area contributed by atoms with Gasteiger partial charge in [0.1, 0.15) is 5.82 Å². The lowest BCUT2D eigenvalue weighted by atomic mass is 10.1. The SMILES string of the molecule is CC(=O)c1cc(NN)ccc1F. The van der Waals surface area contributed by atoms with Crippen molar-refractivity contribution in [3.05, 3.63) is 29.6 Å². The molecule has 1 aromatic carbocycles. The molecule has 0 spiro atoms. The summed E-state index contributed by atoms with van der Waals surface area (Å²) in [7, 11) is 0. The number of nitrogen functional groups attached to an aromatic ring is 1. The van der Waals surface area contributed by atoms with Crippen molar-refractivity contribution in [1.82, 2.24) is 0 Å². The standard InChI is InChI=1S/C8H9FN2O/c1-5(12)7-4-6(11-10)2-3-8(7)9/h2-4,11H,10H2,1H3. The first-order chi connectivity index (χ1) is 5.65. The topological polar surface area (TPSA) is 55.1 Å². The lowest BCUT2D eigenvalue weighted by Crippen LogP contribution is -2.08. The van der Waals surface area contributed by atoms with E-state index in [2.05, 4.69) is 5.43 Å². The van der Waals surface area contributed by atoms with Crippen LogP contribution in [0.1, 0.15) is 17.3 Å². The Labute approximate surface area is 69.3 Å². The number of Topliss-reactive ketones (excluding diaryl/α,β-unsaturated/α-hetero) is 1. The van der Waals surface area contributed by atoms with Crippen LogP contribution in [0.5, 0.6) is 0 Å². The highest BCUT2D eigenvalue weighted by Gasteiger charge is 2.06. The van der Waals surface area contributed by atoms with Gasteiger partial charge in [-0.2, -0.15) is 0 Å². The van der Waals surface area contributed by atoms with Crippen molar-refractivity contribution < 1.29 is 9.18 Å². The fourth-order valence-electron chi connectivity index (χ4n) is 0.885. The summed E-state index contributed by atoms with van der Waals surface area (Å²) in [5.41, 5.74) is 2.89. The van der Waals surface area contributed by atoms with E-state index in [1.165, 1.54) is 25.1 Å². The number of hydrogen-bond acceptors (Lipinski definition) is 3. The summed E-state index contributed by atoms with van der Waals surface area (Å²) in [6.07, 6.45) is 0. The minimum atomic E-state index is -0.526. The highest BCUT2D eigenvalue weighted by molar-refractivity contribution is 5.95. The minimum Gasteiger partial charge on any atom is -0.324 e. The molecule has 0 bridgehead atoms. The highest BCUT2D eigenvalue weighted by atomic mass is 19.1. The van der Waals surface area contributed by atoms with Gasteiger partial charge < -0.3 is 5.43 Å². The molecule has 4 heteroatoms. The van der Waals surface area contributed by atoms with Gasteiger partial charge in [0.25, 0.3) is 0 Å². The van der Waals surface area contributed by atoms with Crippen LogP contribution in [-0.2, 0) is 0 Å². The Bertz CT molecular complexity index is 312. The summed E-state index contributed by atoms with van der Waals surface area (Å²) in [5.74, 6) is 4.24. The van der Waals surface area contributed by atoms with Crippen LogP contribution in [0.2, 0.25) is 0 Å². The summed E-state index contributed by atoms with van der Waals surface area (Å²) in [5, 5.41) is 0. The van der Waals surface area contributed by atoms with Crippen LogP contribution >= 0.6 is 0 Å². The Hall–Kier alpha value is -1.42. The molecule has 0 amide bonds. The summed E-state index contributed by atoms with van der Waals surface area (Å²) < 4.78 is 12.9. The van der Waals surface area contributed by atoms with Crippen molar-refractivity contribution in [3.63, 3.8) is 0 Å². The molecule has 0 fully saturated rings. The van der Waals surface area contributed by atoms with Crippen molar-refractivity contribution in [1.29, 1.82) is 0 Å². The van der Waals surface area contributed by atoms with Gasteiger partial charge in [-0.3, -0.25) is 10.6 Å². The minimum absolute atomic E-state index is 0.0467. The lowest BCUT2D eigenvalue weighted by molar-refractivity contribution is 0.101. The molecule has 1 aromatic rings. The van der Waals surface area contributed by atoms with Crippen LogP contribution in [-0.4, -0.2) is 5.78 Å². The van der Waals surface area contributed by atoms with Gasteiger partial charge in [-0.1, -0.05) is 0 Å². The molecular formula is C8H9FN2O. The first-order valence-electron chi connectivity index (χ1n) is 3.42. The van der Waals surface area contributed by atoms with E-state index in [0.29, 0.717) is 5.69 Å². The fraction of sp³-hybridized carbons (Fsp3) is 0.125. The zero-order valence-corrected chi connectivity index (χ0v) is 6.60. The predicted molar refractivity (Wildman–Crippen MR) is 44.2 cm³/mol. The number of rotatable bonds is 2. The third-order valence-electron chi connectivity index (χ3n) is 1.51. The Morgan fingerprint density at radius 3 is 2.75 bits per heavy atom. The van der Waals surface area contributed by atoms with E-state index in [1.54, 1.807) is 0 Å². The number of halogens is 1. The molecule has 0 saturated carbocycles. The average Bonchev–Trinajstić information content (AvgIpc) is 2.05. The third kappa shape index (κ3) is 1.60. The van der Waals surface area contributed by atoms with E-state index >= 15 is 0 Å². The largest absolute Gasteiger partial charge is 0.324 e. The van der Waals surface area contributed by atoms with E-state index in [1.807, 2.05) is 0 Å². The average molecular weight is 168 g/mol. The zero-order valence-electron chi connectivity index (χ0n) is 6.60. The second-order valence-electron chi connectivity index (χ2n) is 2.40. The Kier molecular flexibility index (Phi) is 2.40. The van der Waals surface area contributed by atoms with E-state index in [4.69, 9.17) is 5.84 Å². The van der Waals surface area contributed by atoms with Gasteiger partial charge in [-0.05, 0) is 25.1 Å². The summed E-state index contributed by atoms with van der Waals surface area (Å²) in [4.78, 5) is 10.8. The van der Waals surface area contributed by atoms with Crippen LogP contribution in [0.25, 0.3) is 0 Å². The summed E-state index contributed by atoms with van der Waals surface area (Å²) >= 11 is 0. The molecule has 0 unspecified atom stereocenters. The maximum absolute atomic E-state index is 12.9. The maximum Gasteiger partial charge on any atom is 0.162 e. The van der Waals surface area contributed by atoms with Crippen LogP contribution in [0.4, 0.5) is 10.1 Å². The predicted octanol–water partition coefficient (Wildman–Crippen LogP) is 1.31. The van der Waals surface area contributed by atoms with E-state index in [-0.39, 0.29) is 11.3 Å². The maximum atomic E-state index is 12.9. The van der Waals surface area contributed by atoms with Crippen LogP contribution < -0.4 is 11.3 Å². The van der Waals surface area contributed by atoms with Gasteiger partial charge in [0.2, 0.25) is 0 Å². The van der Waals surface area contributed by atoms with Crippen molar-refractivity contribution in [2.24, 2.45) is 5.84 Å². The molecule has 12 heavy (non-hydrogen) atoms. The number of carbonyl (C=O) groups excluding carboxylic acids is 1. The fourth-order valence-corrected chi connectivity index (χ4v) is 0.885. The monoisotopic (exact) mass is 168 g/mol. The van der Waals surface area contributed by atoms with Crippen LogP contribution in [0.15, 0.2) is 18.2 Å². The summed E-state index contributed by atoms with van der Waals surface area (Å²) in [6.45, 7) is 1.30. The van der Waals surface area contributed by atoms with E-state index in [0.717, 1.165) is 0 Å². The van der Waals surface area contributed by atoms with E-state index < -0.39 is 5.82 Å². The molecule has 0 atom stereocenters. The number of nitrogens with two attached hydrogens (primary N) is 1. The number of hydrazine groups is 1. The van der Waals surface area contributed by atoms with Crippen LogP contribution in [0, 0.1) is 5.82 Å². The third-order valence-corrected chi connectivity index (χ3v) is 1.51. The first-order valence-corrected chi connectivity index (χ1v) is 3.42.